The molecule has 1 rings (SSSR count). The first-order valence-electron chi connectivity index (χ1n) is 6.55. The third kappa shape index (κ3) is 5.49. The van der Waals surface area contributed by atoms with Crippen molar-refractivity contribution in [2.45, 2.75) is 38.5 Å². The standard InChI is InChI=1S/C14H18Cl2O4S/c1-9(2)5-4-6-20-14(17)12-7-11(15)8-13(10(12)3)21(16,18)19/h7-9H,4-6H2,1-3H3. The van der Waals surface area contributed by atoms with E-state index in [1.807, 2.05) is 0 Å². The highest BCUT2D eigenvalue weighted by Gasteiger charge is 2.21. The third-order valence-corrected chi connectivity index (χ3v) is 4.63. The number of ether oxygens (including phenoxy) is 1. The molecule has 1 aromatic rings. The van der Waals surface area contributed by atoms with E-state index in [-0.39, 0.29) is 27.7 Å². The number of carbonyl (C=O) groups excluding carboxylic acids is 1. The second-order valence-electron chi connectivity index (χ2n) is 5.19. The summed E-state index contributed by atoms with van der Waals surface area (Å²) in [5.74, 6) is -0.0649. The van der Waals surface area contributed by atoms with Crippen LogP contribution in [0, 0.1) is 12.8 Å². The molecule has 4 nitrogen and oxygen atoms in total. The van der Waals surface area contributed by atoms with E-state index in [0.29, 0.717) is 5.92 Å². The summed E-state index contributed by atoms with van der Waals surface area (Å²) < 4.78 is 28.1. The van der Waals surface area contributed by atoms with Gasteiger partial charge in [-0.1, -0.05) is 25.4 Å². The molecule has 0 atom stereocenters. The van der Waals surface area contributed by atoms with Crippen LogP contribution in [-0.4, -0.2) is 21.0 Å². The molecular formula is C14H18Cl2O4S. The first kappa shape index (κ1) is 18.3. The molecule has 0 amide bonds. The normalized spacial score (nSPS) is 11.7. The second-order valence-corrected chi connectivity index (χ2v) is 8.16. The highest BCUT2D eigenvalue weighted by molar-refractivity contribution is 8.13. The molecule has 0 fully saturated rings. The molecule has 0 aromatic heterocycles. The van der Waals surface area contributed by atoms with Crippen molar-refractivity contribution in [3.8, 4) is 0 Å². The summed E-state index contributed by atoms with van der Waals surface area (Å²) in [6.07, 6.45) is 1.70. The fourth-order valence-electron chi connectivity index (χ4n) is 1.85. The Hall–Kier alpha value is -0.780. The first-order chi connectivity index (χ1) is 9.62. The zero-order valence-electron chi connectivity index (χ0n) is 12.2. The third-order valence-electron chi connectivity index (χ3n) is 2.97. The summed E-state index contributed by atoms with van der Waals surface area (Å²) >= 11 is 5.84. The summed E-state index contributed by atoms with van der Waals surface area (Å²) in [6.45, 7) is 5.95. The first-order valence-corrected chi connectivity index (χ1v) is 9.23. The van der Waals surface area contributed by atoms with Crippen LogP contribution in [-0.2, 0) is 13.8 Å². The number of rotatable bonds is 6. The van der Waals surface area contributed by atoms with Crippen LogP contribution in [0.4, 0.5) is 0 Å². The lowest BCUT2D eigenvalue weighted by Crippen LogP contribution is -2.11. The Labute approximate surface area is 134 Å². The molecule has 0 aliphatic heterocycles. The van der Waals surface area contributed by atoms with Gasteiger partial charge in [-0.15, -0.1) is 0 Å². The lowest BCUT2D eigenvalue weighted by atomic mass is 10.1. The topological polar surface area (TPSA) is 60.4 Å². The molecule has 7 heteroatoms. The molecule has 0 bridgehead atoms. The molecule has 0 saturated heterocycles. The van der Waals surface area contributed by atoms with Crippen LogP contribution >= 0.6 is 22.3 Å². The molecule has 0 N–H and O–H groups in total. The van der Waals surface area contributed by atoms with E-state index < -0.39 is 15.0 Å². The Bertz CT molecular complexity index is 624. The quantitative estimate of drug-likeness (QED) is 0.438. The van der Waals surface area contributed by atoms with Crippen molar-refractivity contribution in [1.82, 2.24) is 0 Å². The number of hydrogen-bond acceptors (Lipinski definition) is 4. The van der Waals surface area contributed by atoms with Gasteiger partial charge in [-0.05, 0) is 43.4 Å². The molecule has 0 aliphatic carbocycles. The minimum Gasteiger partial charge on any atom is -0.462 e. The lowest BCUT2D eigenvalue weighted by Gasteiger charge is -2.11. The van der Waals surface area contributed by atoms with Crippen LogP contribution in [0.1, 0.15) is 42.6 Å². The molecule has 21 heavy (non-hydrogen) atoms. The Balaban J connectivity index is 2.93. The summed E-state index contributed by atoms with van der Waals surface area (Å²) in [4.78, 5) is 11.8. The summed E-state index contributed by atoms with van der Waals surface area (Å²) in [5.41, 5.74) is 0.356. The summed E-state index contributed by atoms with van der Waals surface area (Å²) in [5, 5.41) is 0.119. The molecule has 0 unspecified atom stereocenters. The van der Waals surface area contributed by atoms with Crippen LogP contribution in [0.15, 0.2) is 17.0 Å². The van der Waals surface area contributed by atoms with Crippen LogP contribution in [0.25, 0.3) is 0 Å². The predicted molar refractivity (Wildman–Crippen MR) is 83.6 cm³/mol. The maximum Gasteiger partial charge on any atom is 0.338 e. The lowest BCUT2D eigenvalue weighted by molar-refractivity contribution is 0.0493. The van der Waals surface area contributed by atoms with Gasteiger partial charge in [0.15, 0.2) is 0 Å². The fourth-order valence-corrected chi connectivity index (χ4v) is 3.36. The monoisotopic (exact) mass is 352 g/mol. The van der Waals surface area contributed by atoms with E-state index in [1.54, 1.807) is 0 Å². The smallest absolute Gasteiger partial charge is 0.338 e. The SMILES string of the molecule is Cc1c(C(=O)OCCCC(C)C)cc(Cl)cc1S(=O)(=O)Cl. The van der Waals surface area contributed by atoms with Gasteiger partial charge in [0.05, 0.1) is 17.1 Å². The van der Waals surface area contributed by atoms with Gasteiger partial charge in [0.1, 0.15) is 0 Å². The molecule has 0 spiro atoms. The van der Waals surface area contributed by atoms with E-state index in [4.69, 9.17) is 27.0 Å². The number of hydrogen-bond donors (Lipinski definition) is 0. The van der Waals surface area contributed by atoms with E-state index in [2.05, 4.69) is 13.8 Å². The van der Waals surface area contributed by atoms with Crippen molar-refractivity contribution >= 4 is 37.3 Å². The predicted octanol–water partition coefficient (Wildman–Crippen LogP) is 4.17. The molecular weight excluding hydrogens is 335 g/mol. The second kappa shape index (κ2) is 7.47. The highest BCUT2D eigenvalue weighted by Crippen LogP contribution is 2.27. The minimum atomic E-state index is -3.97. The molecule has 0 radical (unpaired) electrons. The maximum absolute atomic E-state index is 12.0. The number of halogens is 2. The van der Waals surface area contributed by atoms with Gasteiger partial charge in [-0.3, -0.25) is 0 Å². The van der Waals surface area contributed by atoms with Crippen LogP contribution in [0.5, 0.6) is 0 Å². The Kier molecular flexibility index (Phi) is 6.50. The van der Waals surface area contributed by atoms with Gasteiger partial charge in [-0.25, -0.2) is 13.2 Å². The average molecular weight is 353 g/mol. The van der Waals surface area contributed by atoms with Gasteiger partial charge < -0.3 is 4.74 Å². The zero-order valence-corrected chi connectivity index (χ0v) is 14.5. The van der Waals surface area contributed by atoms with Crippen molar-refractivity contribution in [3.05, 3.63) is 28.3 Å². The van der Waals surface area contributed by atoms with Gasteiger partial charge in [-0.2, -0.15) is 0 Å². The van der Waals surface area contributed by atoms with E-state index in [0.717, 1.165) is 12.8 Å². The van der Waals surface area contributed by atoms with Crippen LogP contribution in [0.3, 0.4) is 0 Å². The molecule has 0 aliphatic rings. The number of carbonyl (C=O) groups is 1. The Morgan fingerprint density at radius 1 is 1.33 bits per heavy atom. The summed E-state index contributed by atoms with van der Waals surface area (Å²) in [6, 6.07) is 2.60. The van der Waals surface area contributed by atoms with Gasteiger partial charge >= 0.3 is 5.97 Å². The molecule has 118 valence electrons. The molecule has 0 saturated carbocycles. The minimum absolute atomic E-state index is 0.117. The largest absolute Gasteiger partial charge is 0.462 e. The highest BCUT2D eigenvalue weighted by atomic mass is 35.7. The van der Waals surface area contributed by atoms with E-state index in [9.17, 15) is 13.2 Å². The van der Waals surface area contributed by atoms with Crippen molar-refractivity contribution in [1.29, 1.82) is 0 Å². The van der Waals surface area contributed by atoms with Gasteiger partial charge in [0, 0.05) is 15.7 Å². The molecule has 0 heterocycles. The van der Waals surface area contributed by atoms with E-state index in [1.165, 1.54) is 19.1 Å². The number of esters is 1. The maximum atomic E-state index is 12.0. The Morgan fingerprint density at radius 2 is 1.95 bits per heavy atom. The van der Waals surface area contributed by atoms with Crippen LogP contribution < -0.4 is 0 Å². The molecule has 1 aromatic carbocycles. The number of benzene rings is 1. The van der Waals surface area contributed by atoms with Crippen LogP contribution in [0.2, 0.25) is 5.02 Å². The van der Waals surface area contributed by atoms with Gasteiger partial charge in [0.2, 0.25) is 0 Å². The van der Waals surface area contributed by atoms with Crippen molar-refractivity contribution < 1.29 is 17.9 Å². The fraction of sp³-hybridized carbons (Fsp3) is 0.500. The average Bonchev–Trinajstić information content (AvgIpc) is 2.35. The zero-order chi connectivity index (χ0) is 16.2. The van der Waals surface area contributed by atoms with Crippen molar-refractivity contribution in [2.24, 2.45) is 5.92 Å². The van der Waals surface area contributed by atoms with E-state index >= 15 is 0 Å². The van der Waals surface area contributed by atoms with Crippen molar-refractivity contribution in [2.75, 3.05) is 6.61 Å². The Morgan fingerprint density at radius 3 is 2.48 bits per heavy atom. The van der Waals surface area contributed by atoms with Crippen molar-refractivity contribution in [3.63, 3.8) is 0 Å². The van der Waals surface area contributed by atoms with Gasteiger partial charge in [0.25, 0.3) is 9.05 Å². The summed E-state index contributed by atoms with van der Waals surface area (Å²) in [7, 11) is 1.37.